The molecule has 1 N–H and O–H groups in total. The van der Waals surface area contributed by atoms with Crippen molar-refractivity contribution >= 4 is 34.8 Å². The smallest absolute Gasteiger partial charge is 0.283 e. The largest absolute Gasteiger partial charge is 0.495 e. The molecule has 0 bridgehead atoms. The molecule has 0 saturated carbocycles. The number of hydrogen-bond acceptors (Lipinski definition) is 4. The summed E-state index contributed by atoms with van der Waals surface area (Å²) in [5, 5.41) is 2.82. The molecule has 6 heteroatoms. The quantitative estimate of drug-likeness (QED) is 0.848. The first-order valence-electron chi connectivity index (χ1n) is 7.70. The fourth-order valence-corrected chi connectivity index (χ4v) is 2.91. The zero-order chi connectivity index (χ0) is 18.1. The number of carbonyl (C=O) groups excluding carboxylic acids is 2. The minimum atomic E-state index is -0.546. The summed E-state index contributed by atoms with van der Waals surface area (Å²) in [5.41, 5.74) is 2.92. The van der Waals surface area contributed by atoms with E-state index in [1.165, 1.54) is 7.11 Å². The lowest BCUT2D eigenvalue weighted by Crippen LogP contribution is -2.32. The average molecular weight is 357 g/mol. The lowest BCUT2D eigenvalue weighted by molar-refractivity contribution is -0.120. The van der Waals surface area contributed by atoms with Crippen LogP contribution in [0.3, 0.4) is 0 Å². The van der Waals surface area contributed by atoms with Crippen molar-refractivity contribution in [3.63, 3.8) is 0 Å². The van der Waals surface area contributed by atoms with Gasteiger partial charge in [-0.25, -0.2) is 4.90 Å². The van der Waals surface area contributed by atoms with Gasteiger partial charge in [-0.1, -0.05) is 35.9 Å². The van der Waals surface area contributed by atoms with Crippen LogP contribution in [0, 0.1) is 13.8 Å². The molecular weight excluding hydrogens is 340 g/mol. The normalized spacial score (nSPS) is 14.3. The number of amides is 2. The van der Waals surface area contributed by atoms with Crippen molar-refractivity contribution in [3.05, 3.63) is 64.3 Å². The summed E-state index contributed by atoms with van der Waals surface area (Å²) in [7, 11) is 1.53. The third-order valence-electron chi connectivity index (χ3n) is 4.00. The maximum Gasteiger partial charge on any atom is 0.283 e. The van der Waals surface area contributed by atoms with Gasteiger partial charge in [-0.2, -0.15) is 0 Å². The van der Waals surface area contributed by atoms with Gasteiger partial charge in [0.25, 0.3) is 11.8 Å². The van der Waals surface area contributed by atoms with Crippen LogP contribution in [-0.4, -0.2) is 18.9 Å². The fourth-order valence-electron chi connectivity index (χ4n) is 2.70. The Balaban J connectivity index is 1.98. The number of anilines is 2. The number of halogens is 1. The second kappa shape index (κ2) is 6.61. The zero-order valence-corrected chi connectivity index (χ0v) is 14.8. The van der Waals surface area contributed by atoms with Crippen LogP contribution in [0.5, 0.6) is 5.75 Å². The summed E-state index contributed by atoms with van der Waals surface area (Å²) < 4.78 is 5.30. The Bertz CT molecular complexity index is 905. The Kier molecular flexibility index (Phi) is 4.51. The molecule has 0 unspecified atom stereocenters. The summed E-state index contributed by atoms with van der Waals surface area (Å²) >= 11 is 6.17. The minimum absolute atomic E-state index is 0.0406. The first kappa shape index (κ1) is 17.0. The van der Waals surface area contributed by atoms with E-state index in [1.807, 2.05) is 38.1 Å². The number of methoxy groups -OCH3 is 1. The van der Waals surface area contributed by atoms with Crippen LogP contribution in [0.25, 0.3) is 0 Å². The standard InChI is InChI=1S/C19H17ClN2O3/c1-11-8-9-15(25-3)13(10-11)21-17-16(20)18(23)22(19(17)24)14-7-5-4-6-12(14)2/h4-10,21H,1-3H3. The highest BCUT2D eigenvalue weighted by atomic mass is 35.5. The van der Waals surface area contributed by atoms with Gasteiger partial charge in [-0.3, -0.25) is 9.59 Å². The number of aryl methyl sites for hydroxylation is 2. The zero-order valence-electron chi connectivity index (χ0n) is 14.1. The summed E-state index contributed by atoms with van der Waals surface area (Å²) in [5.74, 6) is -0.486. The predicted molar refractivity (Wildman–Crippen MR) is 97.9 cm³/mol. The molecule has 0 fully saturated rings. The second-order valence-electron chi connectivity index (χ2n) is 5.75. The number of rotatable bonds is 4. The summed E-state index contributed by atoms with van der Waals surface area (Å²) in [6.07, 6.45) is 0. The average Bonchev–Trinajstić information content (AvgIpc) is 2.80. The van der Waals surface area contributed by atoms with Crippen molar-refractivity contribution < 1.29 is 14.3 Å². The number of benzene rings is 2. The minimum Gasteiger partial charge on any atom is -0.495 e. The molecule has 5 nitrogen and oxygen atoms in total. The summed E-state index contributed by atoms with van der Waals surface area (Å²) in [4.78, 5) is 26.4. The van der Waals surface area contributed by atoms with Crippen molar-refractivity contribution in [2.24, 2.45) is 0 Å². The van der Waals surface area contributed by atoms with Gasteiger partial charge in [0.15, 0.2) is 0 Å². The summed E-state index contributed by atoms with van der Waals surface area (Å²) in [6, 6.07) is 12.7. The highest BCUT2D eigenvalue weighted by Crippen LogP contribution is 2.34. The first-order chi connectivity index (χ1) is 11.9. The van der Waals surface area contributed by atoms with Crippen LogP contribution in [0.2, 0.25) is 0 Å². The van der Waals surface area contributed by atoms with Crippen molar-refractivity contribution in [3.8, 4) is 5.75 Å². The van der Waals surface area contributed by atoms with E-state index in [0.717, 1.165) is 16.0 Å². The molecule has 0 aliphatic carbocycles. The maximum absolute atomic E-state index is 12.8. The van der Waals surface area contributed by atoms with E-state index < -0.39 is 11.8 Å². The SMILES string of the molecule is COc1ccc(C)cc1NC1=C(Cl)C(=O)N(c2ccccc2C)C1=O. The highest BCUT2D eigenvalue weighted by molar-refractivity contribution is 6.53. The molecule has 1 aliphatic rings. The highest BCUT2D eigenvalue weighted by Gasteiger charge is 2.39. The Hall–Kier alpha value is -2.79. The molecule has 3 rings (SSSR count). The van der Waals surface area contributed by atoms with Gasteiger partial charge in [-0.15, -0.1) is 0 Å². The van der Waals surface area contributed by atoms with Gasteiger partial charge in [0.1, 0.15) is 16.5 Å². The molecule has 2 amide bonds. The van der Waals surface area contributed by atoms with Crippen LogP contribution in [0.15, 0.2) is 53.2 Å². The van der Waals surface area contributed by atoms with E-state index in [2.05, 4.69) is 5.32 Å². The van der Waals surface area contributed by atoms with Crippen LogP contribution < -0.4 is 15.0 Å². The molecule has 1 aliphatic heterocycles. The van der Waals surface area contributed by atoms with Crippen molar-refractivity contribution in [2.75, 3.05) is 17.3 Å². The first-order valence-corrected chi connectivity index (χ1v) is 8.07. The van der Waals surface area contributed by atoms with Crippen molar-refractivity contribution in [2.45, 2.75) is 13.8 Å². The Labute approximate surface area is 150 Å². The molecular formula is C19H17ClN2O3. The van der Waals surface area contributed by atoms with E-state index in [0.29, 0.717) is 17.1 Å². The molecule has 0 radical (unpaired) electrons. The molecule has 0 saturated heterocycles. The predicted octanol–water partition coefficient (Wildman–Crippen LogP) is 3.75. The molecule has 25 heavy (non-hydrogen) atoms. The molecule has 2 aromatic carbocycles. The Morgan fingerprint density at radius 1 is 1.04 bits per heavy atom. The van der Waals surface area contributed by atoms with Crippen LogP contribution >= 0.6 is 11.6 Å². The Morgan fingerprint density at radius 2 is 1.76 bits per heavy atom. The molecule has 0 atom stereocenters. The summed E-state index contributed by atoms with van der Waals surface area (Å²) in [6.45, 7) is 3.75. The van der Waals surface area contributed by atoms with Gasteiger partial charge in [-0.05, 0) is 43.2 Å². The lowest BCUT2D eigenvalue weighted by atomic mass is 10.2. The van der Waals surface area contributed by atoms with Gasteiger partial charge in [0.05, 0.1) is 18.5 Å². The number of hydrogen-bond donors (Lipinski definition) is 1. The topological polar surface area (TPSA) is 58.6 Å². The van der Waals surface area contributed by atoms with Gasteiger partial charge in [0, 0.05) is 0 Å². The van der Waals surface area contributed by atoms with E-state index in [1.54, 1.807) is 18.2 Å². The van der Waals surface area contributed by atoms with E-state index in [-0.39, 0.29) is 10.7 Å². The number of ether oxygens (including phenoxy) is 1. The number of carbonyl (C=O) groups is 2. The van der Waals surface area contributed by atoms with Crippen LogP contribution in [0.1, 0.15) is 11.1 Å². The van der Waals surface area contributed by atoms with Crippen LogP contribution in [0.4, 0.5) is 11.4 Å². The van der Waals surface area contributed by atoms with E-state index >= 15 is 0 Å². The fraction of sp³-hybridized carbons (Fsp3) is 0.158. The second-order valence-corrected chi connectivity index (χ2v) is 6.13. The molecule has 0 spiro atoms. The molecule has 0 aromatic heterocycles. The number of nitrogens with one attached hydrogen (secondary N) is 1. The van der Waals surface area contributed by atoms with Crippen molar-refractivity contribution in [1.29, 1.82) is 0 Å². The molecule has 2 aromatic rings. The third-order valence-corrected chi connectivity index (χ3v) is 4.35. The monoisotopic (exact) mass is 356 g/mol. The number of nitrogens with zero attached hydrogens (tertiary/aromatic N) is 1. The van der Waals surface area contributed by atoms with Gasteiger partial charge >= 0.3 is 0 Å². The Morgan fingerprint density at radius 3 is 2.44 bits per heavy atom. The molecule has 1 heterocycles. The number of para-hydroxylation sites is 1. The lowest BCUT2D eigenvalue weighted by Gasteiger charge is -2.17. The van der Waals surface area contributed by atoms with Crippen LogP contribution in [-0.2, 0) is 9.59 Å². The van der Waals surface area contributed by atoms with Crippen molar-refractivity contribution in [1.82, 2.24) is 0 Å². The third kappa shape index (κ3) is 2.98. The van der Waals surface area contributed by atoms with E-state index in [4.69, 9.17) is 16.3 Å². The molecule has 128 valence electrons. The van der Waals surface area contributed by atoms with E-state index in [9.17, 15) is 9.59 Å². The van der Waals surface area contributed by atoms with Gasteiger partial charge < -0.3 is 10.1 Å². The maximum atomic E-state index is 12.8. The number of imide groups is 1. The van der Waals surface area contributed by atoms with Gasteiger partial charge in [0.2, 0.25) is 0 Å².